The summed E-state index contributed by atoms with van der Waals surface area (Å²) in [5.41, 5.74) is 6.95. The van der Waals surface area contributed by atoms with E-state index >= 15 is 0 Å². The lowest BCUT2D eigenvalue weighted by Crippen LogP contribution is -2.24. The topological polar surface area (TPSA) is 97.1 Å². The van der Waals surface area contributed by atoms with Crippen molar-refractivity contribution in [3.05, 3.63) is 46.5 Å². The van der Waals surface area contributed by atoms with Crippen molar-refractivity contribution in [2.75, 3.05) is 12.8 Å². The van der Waals surface area contributed by atoms with E-state index in [0.29, 0.717) is 6.54 Å². The fourth-order valence-corrected chi connectivity index (χ4v) is 2.34. The molecule has 0 saturated carbocycles. The zero-order valence-corrected chi connectivity index (χ0v) is 11.7. The standard InChI is InChI=1S/C13H14N4O2S/c1-15-13(19)11-9(14)10(17-20-11)12(18)16-7-8-5-3-2-4-6-8/h2-6H,7,14H2,1H3,(H,15,19)(H,16,18). The third kappa shape index (κ3) is 2.94. The second kappa shape index (κ2) is 6.16. The Balaban J connectivity index is 2.07. The monoisotopic (exact) mass is 290 g/mol. The molecular formula is C13H14N4O2S. The second-order valence-corrected chi connectivity index (χ2v) is 4.79. The van der Waals surface area contributed by atoms with Gasteiger partial charge in [0.05, 0.1) is 5.69 Å². The Labute approximate surface area is 120 Å². The Morgan fingerprint density at radius 2 is 1.95 bits per heavy atom. The number of amides is 2. The lowest BCUT2D eigenvalue weighted by atomic mass is 10.2. The van der Waals surface area contributed by atoms with E-state index in [2.05, 4.69) is 15.0 Å². The number of nitrogens with zero attached hydrogens (tertiary/aromatic N) is 1. The van der Waals surface area contributed by atoms with Gasteiger partial charge < -0.3 is 16.4 Å². The van der Waals surface area contributed by atoms with E-state index in [9.17, 15) is 9.59 Å². The Bertz CT molecular complexity index is 625. The Morgan fingerprint density at radius 1 is 1.25 bits per heavy atom. The van der Waals surface area contributed by atoms with E-state index in [0.717, 1.165) is 17.1 Å². The molecule has 0 radical (unpaired) electrons. The van der Waals surface area contributed by atoms with Gasteiger partial charge in [-0.1, -0.05) is 30.3 Å². The molecule has 0 atom stereocenters. The second-order valence-electron chi connectivity index (χ2n) is 4.02. The molecule has 0 aliphatic heterocycles. The predicted octanol–water partition coefficient (Wildman–Crippen LogP) is 1.01. The number of carbonyl (C=O) groups is 2. The highest BCUT2D eigenvalue weighted by atomic mass is 32.1. The van der Waals surface area contributed by atoms with Gasteiger partial charge in [0.2, 0.25) is 0 Å². The van der Waals surface area contributed by atoms with Crippen molar-refractivity contribution in [2.45, 2.75) is 6.54 Å². The highest BCUT2D eigenvalue weighted by Gasteiger charge is 2.21. The minimum Gasteiger partial charge on any atom is -0.395 e. The first-order chi connectivity index (χ1) is 9.63. The number of anilines is 1. The number of hydrogen-bond acceptors (Lipinski definition) is 5. The summed E-state index contributed by atoms with van der Waals surface area (Å²) in [6.07, 6.45) is 0. The van der Waals surface area contributed by atoms with Crippen molar-refractivity contribution >= 4 is 29.0 Å². The van der Waals surface area contributed by atoms with Crippen LogP contribution in [0.4, 0.5) is 5.69 Å². The number of rotatable bonds is 4. The zero-order chi connectivity index (χ0) is 14.5. The molecule has 20 heavy (non-hydrogen) atoms. The van der Waals surface area contributed by atoms with E-state index in [1.807, 2.05) is 30.3 Å². The van der Waals surface area contributed by atoms with E-state index in [1.54, 1.807) is 0 Å². The van der Waals surface area contributed by atoms with Gasteiger partial charge in [0.25, 0.3) is 11.8 Å². The number of nitrogens with one attached hydrogen (secondary N) is 2. The summed E-state index contributed by atoms with van der Waals surface area (Å²) in [5, 5.41) is 5.17. The molecule has 1 aromatic heterocycles. The number of carbonyl (C=O) groups excluding carboxylic acids is 2. The molecular weight excluding hydrogens is 276 g/mol. The first-order valence-electron chi connectivity index (χ1n) is 5.93. The Morgan fingerprint density at radius 3 is 2.60 bits per heavy atom. The molecule has 0 unspecified atom stereocenters. The molecule has 0 saturated heterocycles. The molecule has 1 heterocycles. The summed E-state index contributed by atoms with van der Waals surface area (Å²) in [4.78, 5) is 23.7. The number of aromatic nitrogens is 1. The lowest BCUT2D eigenvalue weighted by Gasteiger charge is -2.04. The summed E-state index contributed by atoms with van der Waals surface area (Å²) < 4.78 is 3.94. The van der Waals surface area contributed by atoms with Crippen molar-refractivity contribution in [2.24, 2.45) is 0 Å². The molecule has 4 N–H and O–H groups in total. The van der Waals surface area contributed by atoms with Crippen LogP contribution in [0.2, 0.25) is 0 Å². The van der Waals surface area contributed by atoms with Gasteiger partial charge in [0, 0.05) is 13.6 Å². The average molecular weight is 290 g/mol. The quantitative estimate of drug-likeness (QED) is 0.783. The number of nitrogen functional groups attached to an aromatic ring is 1. The third-order valence-corrected chi connectivity index (χ3v) is 3.53. The van der Waals surface area contributed by atoms with Gasteiger partial charge in [-0.2, -0.15) is 4.37 Å². The van der Waals surface area contributed by atoms with Gasteiger partial charge >= 0.3 is 0 Å². The summed E-state index contributed by atoms with van der Waals surface area (Å²) in [5.74, 6) is -0.736. The van der Waals surface area contributed by atoms with Gasteiger partial charge in [-0.3, -0.25) is 9.59 Å². The predicted molar refractivity (Wildman–Crippen MR) is 77.5 cm³/mol. The van der Waals surface area contributed by atoms with Gasteiger partial charge in [-0.15, -0.1) is 0 Å². The van der Waals surface area contributed by atoms with Crippen LogP contribution in [0.25, 0.3) is 0 Å². The number of benzene rings is 1. The molecule has 7 heteroatoms. The molecule has 0 fully saturated rings. The summed E-state index contributed by atoms with van der Waals surface area (Å²) in [6.45, 7) is 0.381. The van der Waals surface area contributed by atoms with Crippen LogP contribution in [-0.4, -0.2) is 23.2 Å². The van der Waals surface area contributed by atoms with E-state index in [4.69, 9.17) is 5.73 Å². The van der Waals surface area contributed by atoms with Gasteiger partial charge in [-0.25, -0.2) is 0 Å². The first kappa shape index (κ1) is 14.0. The van der Waals surface area contributed by atoms with E-state index < -0.39 is 5.91 Å². The highest BCUT2D eigenvalue weighted by Crippen LogP contribution is 2.21. The Hall–Kier alpha value is -2.41. The van der Waals surface area contributed by atoms with Gasteiger partial charge in [-0.05, 0) is 17.1 Å². The number of nitrogens with two attached hydrogens (primary N) is 1. The average Bonchev–Trinajstić information content (AvgIpc) is 2.87. The van der Waals surface area contributed by atoms with Crippen LogP contribution in [0.15, 0.2) is 30.3 Å². The van der Waals surface area contributed by atoms with Crippen molar-refractivity contribution < 1.29 is 9.59 Å². The first-order valence-corrected chi connectivity index (χ1v) is 6.70. The smallest absolute Gasteiger partial charge is 0.273 e. The van der Waals surface area contributed by atoms with Crippen LogP contribution < -0.4 is 16.4 Å². The normalized spacial score (nSPS) is 10.1. The van der Waals surface area contributed by atoms with Crippen molar-refractivity contribution in [3.8, 4) is 0 Å². The molecule has 0 spiro atoms. The summed E-state index contributed by atoms with van der Waals surface area (Å²) in [6, 6.07) is 9.49. The molecule has 0 aliphatic rings. The molecule has 0 bridgehead atoms. The van der Waals surface area contributed by atoms with Crippen LogP contribution in [0.1, 0.15) is 25.7 Å². The Kier molecular flexibility index (Phi) is 4.31. The van der Waals surface area contributed by atoms with E-state index in [1.165, 1.54) is 7.05 Å². The molecule has 1 aromatic carbocycles. The van der Waals surface area contributed by atoms with Gasteiger partial charge in [0.1, 0.15) is 4.88 Å². The molecule has 2 aromatic rings. The largest absolute Gasteiger partial charge is 0.395 e. The summed E-state index contributed by atoms with van der Waals surface area (Å²) in [7, 11) is 1.50. The van der Waals surface area contributed by atoms with Crippen molar-refractivity contribution in [1.82, 2.24) is 15.0 Å². The minimum absolute atomic E-state index is 0.0875. The fraction of sp³-hybridized carbons (Fsp3) is 0.154. The number of hydrogen-bond donors (Lipinski definition) is 3. The van der Waals surface area contributed by atoms with Crippen LogP contribution in [0, 0.1) is 0 Å². The molecule has 104 valence electrons. The molecule has 0 aliphatic carbocycles. The van der Waals surface area contributed by atoms with Crippen LogP contribution in [0.5, 0.6) is 0 Å². The maximum absolute atomic E-state index is 12.0. The SMILES string of the molecule is CNC(=O)c1snc(C(=O)NCc2ccccc2)c1N. The van der Waals surface area contributed by atoms with Crippen molar-refractivity contribution in [1.29, 1.82) is 0 Å². The molecule has 6 nitrogen and oxygen atoms in total. The lowest BCUT2D eigenvalue weighted by molar-refractivity contribution is 0.0947. The van der Waals surface area contributed by atoms with Crippen LogP contribution >= 0.6 is 11.5 Å². The summed E-state index contributed by atoms with van der Waals surface area (Å²) >= 11 is 0.911. The minimum atomic E-state index is -0.391. The molecule has 2 rings (SSSR count). The zero-order valence-electron chi connectivity index (χ0n) is 10.8. The maximum Gasteiger partial charge on any atom is 0.273 e. The maximum atomic E-state index is 12.0. The van der Waals surface area contributed by atoms with Crippen molar-refractivity contribution in [3.63, 3.8) is 0 Å². The van der Waals surface area contributed by atoms with Crippen LogP contribution in [0.3, 0.4) is 0 Å². The third-order valence-electron chi connectivity index (χ3n) is 2.67. The van der Waals surface area contributed by atoms with Gasteiger partial charge in [0.15, 0.2) is 5.69 Å². The van der Waals surface area contributed by atoms with E-state index in [-0.39, 0.29) is 22.2 Å². The highest BCUT2D eigenvalue weighted by molar-refractivity contribution is 7.09. The van der Waals surface area contributed by atoms with Crippen LogP contribution in [-0.2, 0) is 6.54 Å². The fourth-order valence-electron chi connectivity index (χ4n) is 1.60. The molecule has 2 amide bonds.